The Kier molecular flexibility index (Phi) is 2.99. The molecular weight excluding hydrogens is 228 g/mol. The molecule has 5 heteroatoms. The van der Waals surface area contributed by atoms with E-state index in [1.54, 1.807) is 24.3 Å². The third kappa shape index (κ3) is 1.90. The molecule has 0 aliphatic carbocycles. The maximum absolute atomic E-state index is 11.6. The molecule has 1 aromatic carbocycles. The van der Waals surface area contributed by atoms with Crippen molar-refractivity contribution in [1.29, 1.82) is 5.26 Å². The summed E-state index contributed by atoms with van der Waals surface area (Å²) in [6.07, 6.45) is 5.22. The van der Waals surface area contributed by atoms with Gasteiger partial charge in [0.25, 0.3) is 0 Å². The number of benzene rings is 1. The zero-order valence-corrected chi connectivity index (χ0v) is 9.50. The smallest absolute Gasteiger partial charge is 0.346 e. The van der Waals surface area contributed by atoms with E-state index < -0.39 is 12.1 Å². The van der Waals surface area contributed by atoms with Gasteiger partial charge in [-0.05, 0) is 17.7 Å². The van der Waals surface area contributed by atoms with E-state index in [-0.39, 0.29) is 12.4 Å². The van der Waals surface area contributed by atoms with Gasteiger partial charge < -0.3 is 5.73 Å². The van der Waals surface area contributed by atoms with Gasteiger partial charge in [-0.1, -0.05) is 18.1 Å². The molecule has 1 atom stereocenters. The Balaban J connectivity index is 2.42. The Morgan fingerprint density at radius 3 is 3.00 bits per heavy atom. The van der Waals surface area contributed by atoms with Crippen molar-refractivity contribution in [2.45, 2.75) is 6.04 Å². The van der Waals surface area contributed by atoms with Crippen LogP contribution in [0.15, 0.2) is 29.3 Å². The van der Waals surface area contributed by atoms with Gasteiger partial charge in [0.1, 0.15) is 11.9 Å². The molecule has 0 spiro atoms. The second kappa shape index (κ2) is 4.60. The van der Waals surface area contributed by atoms with Gasteiger partial charge in [0, 0.05) is 0 Å². The Morgan fingerprint density at radius 1 is 1.56 bits per heavy atom. The fourth-order valence-electron chi connectivity index (χ4n) is 1.89. The molecule has 1 aliphatic rings. The summed E-state index contributed by atoms with van der Waals surface area (Å²) in [5.74, 6) is 2.60. The molecule has 18 heavy (non-hydrogen) atoms. The molecule has 0 fully saturated rings. The van der Waals surface area contributed by atoms with Crippen molar-refractivity contribution in [1.82, 2.24) is 4.90 Å². The van der Waals surface area contributed by atoms with Crippen LogP contribution in [0, 0.1) is 23.7 Å². The summed E-state index contributed by atoms with van der Waals surface area (Å²) in [5.41, 5.74) is 6.98. The molecule has 2 N–H and O–H groups in total. The Hall–Kier alpha value is -2.79. The van der Waals surface area contributed by atoms with Crippen molar-refractivity contribution in [3.8, 4) is 18.4 Å². The third-order valence-corrected chi connectivity index (χ3v) is 2.66. The lowest BCUT2D eigenvalue weighted by Gasteiger charge is -2.22. The van der Waals surface area contributed by atoms with E-state index in [0.29, 0.717) is 5.56 Å². The zero-order chi connectivity index (χ0) is 13.1. The molecule has 0 radical (unpaired) electrons. The minimum Gasteiger partial charge on any atom is -0.385 e. The standard InChI is InChI=1S/C13H10N4O/c1-2-6-17-11(12(15)16-13(17)18)10-5-3-4-9(7-10)8-14/h1,3-5,7,11H,6H2,(H2,15,16,18). The van der Waals surface area contributed by atoms with Gasteiger partial charge in [0.15, 0.2) is 0 Å². The number of hydrogen-bond donors (Lipinski definition) is 1. The summed E-state index contributed by atoms with van der Waals surface area (Å²) in [6.45, 7) is 0.129. The molecule has 0 saturated heterocycles. The minimum atomic E-state index is -0.484. The average Bonchev–Trinajstić information content (AvgIpc) is 2.65. The summed E-state index contributed by atoms with van der Waals surface area (Å²) in [5, 5.41) is 8.87. The summed E-state index contributed by atoms with van der Waals surface area (Å²) in [7, 11) is 0. The van der Waals surface area contributed by atoms with Gasteiger partial charge in [-0.15, -0.1) is 6.42 Å². The molecule has 1 aromatic rings. The van der Waals surface area contributed by atoms with E-state index in [2.05, 4.69) is 10.9 Å². The Labute approximate surface area is 105 Å². The molecule has 1 aliphatic heterocycles. The van der Waals surface area contributed by atoms with Gasteiger partial charge in [0.05, 0.1) is 18.2 Å². The zero-order valence-electron chi connectivity index (χ0n) is 9.50. The largest absolute Gasteiger partial charge is 0.385 e. The monoisotopic (exact) mass is 238 g/mol. The molecule has 1 heterocycles. The normalized spacial score (nSPS) is 18.1. The average molecular weight is 238 g/mol. The number of aliphatic imine (C=N–C) groups is 1. The van der Waals surface area contributed by atoms with Gasteiger partial charge in [-0.2, -0.15) is 10.3 Å². The maximum Gasteiger partial charge on any atom is 0.346 e. The lowest BCUT2D eigenvalue weighted by Crippen LogP contribution is -2.33. The van der Waals surface area contributed by atoms with E-state index in [0.717, 1.165) is 5.56 Å². The van der Waals surface area contributed by atoms with E-state index in [4.69, 9.17) is 17.4 Å². The van der Waals surface area contributed by atoms with E-state index in [1.165, 1.54) is 4.90 Å². The van der Waals surface area contributed by atoms with Crippen molar-refractivity contribution in [2.75, 3.05) is 6.54 Å². The molecule has 5 nitrogen and oxygen atoms in total. The van der Waals surface area contributed by atoms with Crippen LogP contribution in [0.2, 0.25) is 0 Å². The fraction of sp³-hybridized carbons (Fsp3) is 0.154. The fourth-order valence-corrected chi connectivity index (χ4v) is 1.89. The molecule has 0 saturated carbocycles. The number of amidine groups is 1. The molecule has 0 bridgehead atoms. The highest BCUT2D eigenvalue weighted by Gasteiger charge is 2.33. The van der Waals surface area contributed by atoms with E-state index in [9.17, 15) is 4.79 Å². The SMILES string of the molecule is C#CCN1C(=O)N=C(N)C1c1cccc(C#N)c1. The summed E-state index contributed by atoms with van der Waals surface area (Å²) >= 11 is 0. The predicted molar refractivity (Wildman–Crippen MR) is 66.5 cm³/mol. The number of nitrogens with two attached hydrogens (primary N) is 1. The van der Waals surface area contributed by atoms with Gasteiger partial charge in [-0.3, -0.25) is 4.90 Å². The maximum atomic E-state index is 11.6. The number of urea groups is 1. The van der Waals surface area contributed by atoms with E-state index in [1.807, 2.05) is 6.07 Å². The number of hydrogen-bond acceptors (Lipinski definition) is 3. The van der Waals surface area contributed by atoms with Crippen LogP contribution in [0.5, 0.6) is 0 Å². The summed E-state index contributed by atoms with van der Waals surface area (Å²) in [6, 6.07) is 7.99. The summed E-state index contributed by atoms with van der Waals surface area (Å²) < 4.78 is 0. The first-order valence-corrected chi connectivity index (χ1v) is 5.25. The number of amides is 2. The first-order valence-electron chi connectivity index (χ1n) is 5.25. The van der Waals surface area contributed by atoms with Crippen LogP contribution in [-0.2, 0) is 0 Å². The molecule has 88 valence electrons. The molecular formula is C13H10N4O. The van der Waals surface area contributed by atoms with Crippen molar-refractivity contribution < 1.29 is 4.79 Å². The Bertz CT molecular complexity index is 606. The Morgan fingerprint density at radius 2 is 2.33 bits per heavy atom. The first kappa shape index (κ1) is 11.7. The molecule has 1 unspecified atom stereocenters. The number of carbonyl (C=O) groups excluding carboxylic acids is 1. The van der Waals surface area contributed by atoms with Gasteiger partial charge in [0.2, 0.25) is 0 Å². The number of rotatable bonds is 2. The van der Waals surface area contributed by atoms with Crippen LogP contribution in [0.3, 0.4) is 0 Å². The second-order valence-corrected chi connectivity index (χ2v) is 3.79. The van der Waals surface area contributed by atoms with E-state index >= 15 is 0 Å². The van der Waals surface area contributed by atoms with Crippen molar-refractivity contribution in [3.05, 3.63) is 35.4 Å². The van der Waals surface area contributed by atoms with Gasteiger partial charge in [-0.25, -0.2) is 4.79 Å². The second-order valence-electron chi connectivity index (χ2n) is 3.79. The number of terminal acetylenes is 1. The van der Waals surface area contributed by atoms with Crippen molar-refractivity contribution >= 4 is 11.9 Å². The minimum absolute atomic E-state index is 0.129. The van der Waals surface area contributed by atoms with Crippen LogP contribution in [-0.4, -0.2) is 23.3 Å². The topological polar surface area (TPSA) is 82.5 Å². The highest BCUT2D eigenvalue weighted by molar-refractivity contribution is 6.03. The number of nitriles is 1. The van der Waals surface area contributed by atoms with Gasteiger partial charge >= 0.3 is 6.03 Å². The van der Waals surface area contributed by atoms with Crippen molar-refractivity contribution in [2.24, 2.45) is 10.7 Å². The lowest BCUT2D eigenvalue weighted by molar-refractivity contribution is 0.213. The molecule has 0 aromatic heterocycles. The van der Waals surface area contributed by atoms with Crippen LogP contribution in [0.25, 0.3) is 0 Å². The number of nitrogens with zero attached hydrogens (tertiary/aromatic N) is 3. The third-order valence-electron chi connectivity index (χ3n) is 2.66. The highest BCUT2D eigenvalue weighted by atomic mass is 16.2. The molecule has 2 amide bonds. The van der Waals surface area contributed by atoms with Crippen LogP contribution in [0.1, 0.15) is 17.2 Å². The summed E-state index contributed by atoms with van der Waals surface area (Å²) in [4.78, 5) is 16.7. The quantitative estimate of drug-likeness (QED) is 0.781. The first-order chi connectivity index (χ1) is 8.67. The highest BCUT2D eigenvalue weighted by Crippen LogP contribution is 2.26. The van der Waals surface area contributed by atoms with Crippen molar-refractivity contribution in [3.63, 3.8) is 0 Å². The van der Waals surface area contributed by atoms with Crippen LogP contribution >= 0.6 is 0 Å². The molecule has 2 rings (SSSR count). The lowest BCUT2D eigenvalue weighted by atomic mass is 10.0. The number of carbonyl (C=O) groups is 1. The van der Waals surface area contributed by atoms with Crippen LogP contribution < -0.4 is 5.73 Å². The van der Waals surface area contributed by atoms with Crippen LogP contribution in [0.4, 0.5) is 4.79 Å². The predicted octanol–water partition coefficient (Wildman–Crippen LogP) is 1.03.